The monoisotopic (exact) mass is 311 g/mol. The Bertz CT molecular complexity index is 536. The van der Waals surface area contributed by atoms with E-state index in [1.165, 1.54) is 18.1 Å². The van der Waals surface area contributed by atoms with Crippen LogP contribution in [0.5, 0.6) is 11.6 Å². The first kappa shape index (κ1) is 12.2. The summed E-state index contributed by atoms with van der Waals surface area (Å²) in [5.74, 6) is 1.13. The standard InChI is InChI=1S/C11H10BrN3OS/c1-17-10-5-9(14-6-15-10)16-8-4-2-3-7(13)11(8)12/h2-6H,13H2,1H3. The SMILES string of the molecule is CSc1cc(Oc2cccc(N)c2Br)ncn1. The zero-order valence-electron chi connectivity index (χ0n) is 9.05. The highest BCUT2D eigenvalue weighted by Gasteiger charge is 2.06. The van der Waals surface area contributed by atoms with Crippen LogP contribution in [0.3, 0.4) is 0 Å². The van der Waals surface area contributed by atoms with Crippen molar-refractivity contribution in [1.82, 2.24) is 9.97 Å². The lowest BCUT2D eigenvalue weighted by Crippen LogP contribution is -1.93. The molecule has 1 aromatic carbocycles. The minimum Gasteiger partial charge on any atom is -0.438 e. The summed E-state index contributed by atoms with van der Waals surface area (Å²) >= 11 is 4.91. The zero-order valence-corrected chi connectivity index (χ0v) is 11.5. The van der Waals surface area contributed by atoms with E-state index >= 15 is 0 Å². The molecule has 0 saturated heterocycles. The van der Waals surface area contributed by atoms with Gasteiger partial charge in [0.1, 0.15) is 17.1 Å². The maximum atomic E-state index is 5.77. The molecule has 0 radical (unpaired) electrons. The third-order valence-corrected chi connectivity index (χ3v) is 3.52. The molecule has 0 aliphatic carbocycles. The number of thioether (sulfide) groups is 1. The lowest BCUT2D eigenvalue weighted by molar-refractivity contribution is 0.456. The molecule has 0 bridgehead atoms. The van der Waals surface area contributed by atoms with Crippen LogP contribution in [0, 0.1) is 0 Å². The van der Waals surface area contributed by atoms with Gasteiger partial charge in [0, 0.05) is 11.8 Å². The maximum absolute atomic E-state index is 5.77. The van der Waals surface area contributed by atoms with Gasteiger partial charge in [0.05, 0.1) is 4.47 Å². The summed E-state index contributed by atoms with van der Waals surface area (Å²) in [4.78, 5) is 8.12. The molecular formula is C11H10BrN3OS. The molecule has 0 amide bonds. The predicted molar refractivity (Wildman–Crippen MR) is 72.4 cm³/mol. The van der Waals surface area contributed by atoms with Crippen molar-refractivity contribution < 1.29 is 4.74 Å². The molecule has 2 aromatic rings. The van der Waals surface area contributed by atoms with Crippen LogP contribution in [0.1, 0.15) is 0 Å². The van der Waals surface area contributed by atoms with E-state index < -0.39 is 0 Å². The van der Waals surface area contributed by atoms with Crippen LogP contribution >= 0.6 is 27.7 Å². The van der Waals surface area contributed by atoms with Crippen LogP contribution in [-0.2, 0) is 0 Å². The van der Waals surface area contributed by atoms with Crippen molar-refractivity contribution in [2.45, 2.75) is 5.03 Å². The summed E-state index contributed by atoms with van der Waals surface area (Å²) in [7, 11) is 0. The minimum absolute atomic E-state index is 0.496. The normalized spacial score (nSPS) is 10.2. The predicted octanol–water partition coefficient (Wildman–Crippen LogP) is 3.34. The van der Waals surface area contributed by atoms with E-state index in [2.05, 4.69) is 25.9 Å². The van der Waals surface area contributed by atoms with E-state index in [0.29, 0.717) is 17.3 Å². The summed E-state index contributed by atoms with van der Waals surface area (Å²) in [5, 5.41) is 0.857. The van der Waals surface area contributed by atoms with Gasteiger partial charge in [-0.25, -0.2) is 9.97 Å². The lowest BCUT2D eigenvalue weighted by atomic mass is 10.3. The first-order valence-electron chi connectivity index (χ1n) is 4.78. The first-order valence-corrected chi connectivity index (χ1v) is 6.80. The molecule has 88 valence electrons. The number of ether oxygens (including phenoxy) is 1. The Labute approximate surface area is 112 Å². The molecule has 1 heterocycles. The Balaban J connectivity index is 2.28. The van der Waals surface area contributed by atoms with E-state index in [1.807, 2.05) is 18.4 Å². The second-order valence-corrected chi connectivity index (χ2v) is 4.78. The van der Waals surface area contributed by atoms with Crippen molar-refractivity contribution >= 4 is 33.4 Å². The highest BCUT2D eigenvalue weighted by molar-refractivity contribution is 9.10. The molecule has 0 spiro atoms. The van der Waals surface area contributed by atoms with E-state index in [0.717, 1.165) is 9.50 Å². The Hall–Kier alpha value is -1.27. The van der Waals surface area contributed by atoms with Crippen LogP contribution in [0.4, 0.5) is 5.69 Å². The molecule has 1 aromatic heterocycles. The number of hydrogen-bond donors (Lipinski definition) is 1. The Morgan fingerprint density at radius 1 is 1.35 bits per heavy atom. The number of nitrogens with zero attached hydrogens (tertiary/aromatic N) is 2. The second-order valence-electron chi connectivity index (χ2n) is 3.16. The third kappa shape index (κ3) is 2.89. The quantitative estimate of drug-likeness (QED) is 0.535. The molecule has 17 heavy (non-hydrogen) atoms. The summed E-state index contributed by atoms with van der Waals surface area (Å²) < 4.78 is 6.37. The molecule has 0 aliphatic heterocycles. The molecule has 2 N–H and O–H groups in total. The van der Waals surface area contributed by atoms with Crippen LogP contribution in [0.15, 0.2) is 40.1 Å². The third-order valence-electron chi connectivity index (χ3n) is 2.03. The topological polar surface area (TPSA) is 61.0 Å². The summed E-state index contributed by atoms with van der Waals surface area (Å²) in [6.45, 7) is 0. The van der Waals surface area contributed by atoms with E-state index in [-0.39, 0.29) is 0 Å². The second kappa shape index (κ2) is 5.37. The molecule has 6 heteroatoms. The van der Waals surface area contributed by atoms with Crippen molar-refractivity contribution in [2.24, 2.45) is 0 Å². The van der Waals surface area contributed by atoms with Crippen LogP contribution in [0.25, 0.3) is 0 Å². The molecule has 0 atom stereocenters. The first-order chi connectivity index (χ1) is 8.20. The van der Waals surface area contributed by atoms with Gasteiger partial charge in [-0.3, -0.25) is 0 Å². The number of anilines is 1. The highest BCUT2D eigenvalue weighted by Crippen LogP contribution is 2.33. The minimum atomic E-state index is 0.496. The van der Waals surface area contributed by atoms with Gasteiger partial charge >= 0.3 is 0 Å². The number of benzene rings is 1. The van der Waals surface area contributed by atoms with Crippen LogP contribution in [0.2, 0.25) is 0 Å². The van der Waals surface area contributed by atoms with Gasteiger partial charge in [-0.2, -0.15) is 0 Å². The fourth-order valence-electron chi connectivity index (χ4n) is 1.21. The summed E-state index contributed by atoms with van der Waals surface area (Å²) in [5.41, 5.74) is 6.39. The number of nitrogens with two attached hydrogens (primary N) is 1. The van der Waals surface area contributed by atoms with Gasteiger partial charge in [0.15, 0.2) is 0 Å². The van der Waals surface area contributed by atoms with Gasteiger partial charge in [0.25, 0.3) is 0 Å². The van der Waals surface area contributed by atoms with Crippen molar-refractivity contribution in [3.8, 4) is 11.6 Å². The van der Waals surface area contributed by atoms with Crippen molar-refractivity contribution in [3.05, 3.63) is 35.1 Å². The van der Waals surface area contributed by atoms with Gasteiger partial charge in [0.2, 0.25) is 5.88 Å². The van der Waals surface area contributed by atoms with E-state index in [4.69, 9.17) is 10.5 Å². The Morgan fingerprint density at radius 3 is 2.94 bits per heavy atom. The number of aromatic nitrogens is 2. The summed E-state index contributed by atoms with van der Waals surface area (Å²) in [6.07, 6.45) is 3.42. The van der Waals surface area contributed by atoms with E-state index in [9.17, 15) is 0 Å². The van der Waals surface area contributed by atoms with Crippen molar-refractivity contribution in [3.63, 3.8) is 0 Å². The molecule has 0 saturated carbocycles. The van der Waals surface area contributed by atoms with Gasteiger partial charge < -0.3 is 10.5 Å². The van der Waals surface area contributed by atoms with Crippen LogP contribution in [-0.4, -0.2) is 16.2 Å². The molecule has 0 aliphatic rings. The fraction of sp³-hybridized carbons (Fsp3) is 0.0909. The Kier molecular flexibility index (Phi) is 3.86. The van der Waals surface area contributed by atoms with Gasteiger partial charge in [-0.1, -0.05) is 6.07 Å². The average molecular weight is 312 g/mol. The number of halogens is 1. The lowest BCUT2D eigenvalue weighted by Gasteiger charge is -2.08. The van der Waals surface area contributed by atoms with Gasteiger partial charge in [-0.05, 0) is 34.3 Å². The molecule has 4 nitrogen and oxygen atoms in total. The maximum Gasteiger partial charge on any atom is 0.223 e. The average Bonchev–Trinajstić information content (AvgIpc) is 2.35. The van der Waals surface area contributed by atoms with E-state index in [1.54, 1.807) is 12.1 Å². The highest BCUT2D eigenvalue weighted by atomic mass is 79.9. The van der Waals surface area contributed by atoms with Crippen LogP contribution < -0.4 is 10.5 Å². The molecule has 0 unspecified atom stereocenters. The largest absolute Gasteiger partial charge is 0.438 e. The molecule has 0 fully saturated rings. The number of nitrogen functional groups attached to an aromatic ring is 1. The van der Waals surface area contributed by atoms with Gasteiger partial charge in [-0.15, -0.1) is 11.8 Å². The number of hydrogen-bond acceptors (Lipinski definition) is 5. The van der Waals surface area contributed by atoms with Crippen molar-refractivity contribution in [1.29, 1.82) is 0 Å². The summed E-state index contributed by atoms with van der Waals surface area (Å²) in [6, 6.07) is 7.22. The fourth-order valence-corrected chi connectivity index (χ4v) is 1.93. The Morgan fingerprint density at radius 2 is 2.18 bits per heavy atom. The smallest absolute Gasteiger partial charge is 0.223 e. The zero-order chi connectivity index (χ0) is 12.3. The van der Waals surface area contributed by atoms with Crippen molar-refractivity contribution in [2.75, 3.05) is 12.0 Å². The number of rotatable bonds is 3. The molecular weight excluding hydrogens is 302 g/mol. The molecule has 2 rings (SSSR count).